The monoisotopic (exact) mass is 334 g/mol. The summed E-state index contributed by atoms with van der Waals surface area (Å²) in [5.41, 5.74) is 3.30. The zero-order valence-corrected chi connectivity index (χ0v) is 13.5. The van der Waals surface area contributed by atoms with Crippen molar-refractivity contribution in [1.29, 1.82) is 0 Å². The molecule has 2 aromatic carbocycles. The largest absolute Gasteiger partial charge is 0.480 e. The zero-order valence-electron chi connectivity index (χ0n) is 12.7. The summed E-state index contributed by atoms with van der Waals surface area (Å²) in [5.74, 6) is 2.83. The van der Waals surface area contributed by atoms with Crippen LogP contribution in [0.5, 0.6) is 5.75 Å². The normalized spacial score (nSPS) is 10.6. The number of thiophene rings is 1. The number of nitrogens with one attached hydrogen (secondary N) is 1. The van der Waals surface area contributed by atoms with E-state index in [1.165, 1.54) is 11.3 Å². The molecule has 0 saturated heterocycles. The highest BCUT2D eigenvalue weighted by molar-refractivity contribution is 7.12. The first-order chi connectivity index (χ1) is 11.8. The molecule has 1 aromatic heterocycles. The van der Waals surface area contributed by atoms with Crippen molar-refractivity contribution in [3.63, 3.8) is 0 Å². The van der Waals surface area contributed by atoms with Gasteiger partial charge in [0.1, 0.15) is 12.4 Å². The molecule has 0 fully saturated rings. The summed E-state index contributed by atoms with van der Waals surface area (Å²) >= 11 is 1.36. The molecule has 1 N–H and O–H groups in total. The number of hydrogen-bond acceptors (Lipinski definition) is 4. The highest BCUT2D eigenvalue weighted by atomic mass is 32.1. The Morgan fingerprint density at radius 2 is 2.12 bits per heavy atom. The molecular formula is C19H14N2O2S. The molecule has 1 amide bonds. The lowest BCUT2D eigenvalue weighted by Crippen LogP contribution is -2.16. The van der Waals surface area contributed by atoms with Gasteiger partial charge in [-0.15, -0.1) is 17.8 Å². The first kappa shape index (κ1) is 15.8. The molecule has 24 heavy (non-hydrogen) atoms. The molecule has 5 heteroatoms. The SMILES string of the molecule is C#CCOc1ccc2ccccc2c1C=NNC(=O)c1cccs1. The van der Waals surface area contributed by atoms with Crippen molar-refractivity contribution >= 4 is 34.2 Å². The minimum absolute atomic E-state index is 0.167. The number of fused-ring (bicyclic) bond motifs is 1. The average molecular weight is 334 g/mol. The van der Waals surface area contributed by atoms with Crippen LogP contribution in [0, 0.1) is 12.3 Å². The topological polar surface area (TPSA) is 50.7 Å². The molecule has 3 aromatic rings. The van der Waals surface area contributed by atoms with Gasteiger partial charge in [-0.25, -0.2) is 5.43 Å². The zero-order chi connectivity index (χ0) is 16.8. The van der Waals surface area contributed by atoms with Crippen LogP contribution in [0.25, 0.3) is 10.8 Å². The second-order valence-electron chi connectivity index (χ2n) is 4.87. The number of nitrogens with zero attached hydrogens (tertiary/aromatic N) is 1. The predicted molar refractivity (Wildman–Crippen MR) is 97.7 cm³/mol. The van der Waals surface area contributed by atoms with E-state index in [1.807, 2.05) is 47.8 Å². The van der Waals surface area contributed by atoms with Crippen LogP contribution in [0.15, 0.2) is 59.0 Å². The number of rotatable bonds is 5. The molecule has 0 bridgehead atoms. The van der Waals surface area contributed by atoms with Gasteiger partial charge in [-0.3, -0.25) is 4.79 Å². The third kappa shape index (κ3) is 3.45. The Labute approximate surface area is 143 Å². The van der Waals surface area contributed by atoms with E-state index in [-0.39, 0.29) is 12.5 Å². The summed E-state index contributed by atoms with van der Waals surface area (Å²) in [6, 6.07) is 15.3. The van der Waals surface area contributed by atoms with E-state index in [1.54, 1.807) is 12.3 Å². The molecule has 0 atom stereocenters. The number of amides is 1. The van der Waals surface area contributed by atoms with Crippen molar-refractivity contribution in [3.8, 4) is 18.1 Å². The molecule has 4 nitrogen and oxygen atoms in total. The van der Waals surface area contributed by atoms with Crippen molar-refractivity contribution in [3.05, 3.63) is 64.4 Å². The molecule has 118 valence electrons. The van der Waals surface area contributed by atoms with E-state index in [9.17, 15) is 4.79 Å². The standard InChI is InChI=1S/C19H14N2O2S/c1-2-11-23-17-10-9-14-6-3-4-7-15(14)16(17)13-20-21-19(22)18-8-5-12-24-18/h1,3-10,12-13H,11H2,(H,21,22). The van der Waals surface area contributed by atoms with Crippen LogP contribution in [-0.4, -0.2) is 18.7 Å². The van der Waals surface area contributed by atoms with Crippen LogP contribution >= 0.6 is 11.3 Å². The van der Waals surface area contributed by atoms with Gasteiger partial charge in [0.15, 0.2) is 0 Å². The van der Waals surface area contributed by atoms with Gasteiger partial charge >= 0.3 is 0 Å². The average Bonchev–Trinajstić information content (AvgIpc) is 3.15. The Morgan fingerprint density at radius 3 is 2.92 bits per heavy atom. The van der Waals surface area contributed by atoms with Crippen molar-refractivity contribution < 1.29 is 9.53 Å². The molecule has 0 aliphatic heterocycles. The minimum Gasteiger partial charge on any atom is -0.480 e. The van der Waals surface area contributed by atoms with Gasteiger partial charge in [0.25, 0.3) is 5.91 Å². The quantitative estimate of drug-likeness (QED) is 0.440. The fourth-order valence-electron chi connectivity index (χ4n) is 2.27. The van der Waals surface area contributed by atoms with Gasteiger partial charge in [0, 0.05) is 5.56 Å². The maximum atomic E-state index is 11.9. The van der Waals surface area contributed by atoms with Crippen molar-refractivity contribution in [2.45, 2.75) is 0 Å². The summed E-state index contributed by atoms with van der Waals surface area (Å²) in [6.07, 6.45) is 6.85. The third-order valence-electron chi connectivity index (χ3n) is 3.35. The minimum atomic E-state index is -0.243. The lowest BCUT2D eigenvalue weighted by Gasteiger charge is -2.09. The lowest BCUT2D eigenvalue weighted by atomic mass is 10.0. The second kappa shape index (κ2) is 7.44. The molecule has 1 heterocycles. The maximum Gasteiger partial charge on any atom is 0.281 e. The molecule has 0 spiro atoms. The number of carbonyl (C=O) groups is 1. The Morgan fingerprint density at radius 1 is 1.25 bits per heavy atom. The fourth-order valence-corrected chi connectivity index (χ4v) is 2.89. The van der Waals surface area contributed by atoms with E-state index in [4.69, 9.17) is 11.2 Å². The van der Waals surface area contributed by atoms with Gasteiger partial charge in [-0.1, -0.05) is 42.3 Å². The molecule has 0 radical (unpaired) electrons. The molecular weight excluding hydrogens is 320 g/mol. The number of hydrazone groups is 1. The van der Waals surface area contributed by atoms with Crippen LogP contribution in [-0.2, 0) is 0 Å². The highest BCUT2D eigenvalue weighted by Gasteiger charge is 2.08. The summed E-state index contributed by atoms with van der Waals surface area (Å²) in [4.78, 5) is 12.5. The summed E-state index contributed by atoms with van der Waals surface area (Å²) < 4.78 is 5.59. The van der Waals surface area contributed by atoms with E-state index < -0.39 is 0 Å². The molecule has 0 saturated carbocycles. The van der Waals surface area contributed by atoms with E-state index in [0.717, 1.165) is 16.3 Å². The van der Waals surface area contributed by atoms with Crippen molar-refractivity contribution in [2.75, 3.05) is 6.61 Å². The summed E-state index contributed by atoms with van der Waals surface area (Å²) in [7, 11) is 0. The number of hydrogen-bond donors (Lipinski definition) is 1. The van der Waals surface area contributed by atoms with Gasteiger partial charge in [0.05, 0.1) is 11.1 Å². The number of terminal acetylenes is 1. The predicted octanol–water partition coefficient (Wildman–Crippen LogP) is 3.68. The van der Waals surface area contributed by atoms with E-state index in [0.29, 0.717) is 10.6 Å². The Bertz CT molecular complexity index is 924. The first-order valence-corrected chi connectivity index (χ1v) is 8.12. The Balaban J connectivity index is 1.89. The Kier molecular flexibility index (Phi) is 4.90. The van der Waals surface area contributed by atoms with Crippen LogP contribution in [0.3, 0.4) is 0 Å². The first-order valence-electron chi connectivity index (χ1n) is 7.24. The third-order valence-corrected chi connectivity index (χ3v) is 4.22. The molecule has 0 aliphatic carbocycles. The fraction of sp³-hybridized carbons (Fsp3) is 0.0526. The van der Waals surface area contributed by atoms with Crippen molar-refractivity contribution in [1.82, 2.24) is 5.43 Å². The number of benzene rings is 2. The van der Waals surface area contributed by atoms with Crippen LogP contribution in [0.1, 0.15) is 15.2 Å². The Hall–Kier alpha value is -3.10. The number of carbonyl (C=O) groups excluding carboxylic acids is 1. The van der Waals surface area contributed by atoms with E-state index >= 15 is 0 Å². The lowest BCUT2D eigenvalue weighted by molar-refractivity contribution is 0.0959. The van der Waals surface area contributed by atoms with Gasteiger partial charge in [-0.05, 0) is 28.3 Å². The molecule has 0 aliphatic rings. The molecule has 0 unspecified atom stereocenters. The smallest absolute Gasteiger partial charge is 0.281 e. The maximum absolute atomic E-state index is 11.9. The van der Waals surface area contributed by atoms with Gasteiger partial charge in [0.2, 0.25) is 0 Å². The van der Waals surface area contributed by atoms with Crippen LogP contribution in [0.4, 0.5) is 0 Å². The summed E-state index contributed by atoms with van der Waals surface area (Å²) in [6.45, 7) is 0.167. The summed E-state index contributed by atoms with van der Waals surface area (Å²) in [5, 5.41) is 7.93. The van der Waals surface area contributed by atoms with Crippen LogP contribution in [0.2, 0.25) is 0 Å². The highest BCUT2D eigenvalue weighted by Crippen LogP contribution is 2.26. The van der Waals surface area contributed by atoms with Gasteiger partial charge in [-0.2, -0.15) is 5.10 Å². The van der Waals surface area contributed by atoms with Gasteiger partial charge < -0.3 is 4.74 Å². The molecule has 3 rings (SSSR count). The van der Waals surface area contributed by atoms with Crippen LogP contribution < -0.4 is 10.2 Å². The van der Waals surface area contributed by atoms with E-state index in [2.05, 4.69) is 16.4 Å². The van der Waals surface area contributed by atoms with Crippen molar-refractivity contribution in [2.24, 2.45) is 5.10 Å². The second-order valence-corrected chi connectivity index (χ2v) is 5.82. The number of ether oxygens (including phenoxy) is 1.